The van der Waals surface area contributed by atoms with Gasteiger partial charge in [0.1, 0.15) is 6.17 Å². The highest BCUT2D eigenvalue weighted by molar-refractivity contribution is 5.14. The number of benzene rings is 1. The summed E-state index contributed by atoms with van der Waals surface area (Å²) in [4.78, 5) is 0. The second kappa shape index (κ2) is 4.56. The van der Waals surface area contributed by atoms with E-state index in [1.807, 2.05) is 18.2 Å². The van der Waals surface area contributed by atoms with E-state index in [4.69, 9.17) is 0 Å². The molecule has 2 atom stereocenters. The standard InChI is InChI=1S/C12H16FN/c13-11-6-7-12(8-11)14-9-10-4-2-1-3-5-10/h1-5,11-12,14H,6-9H2. The molecule has 0 amide bonds. The molecule has 1 aliphatic rings. The molecule has 2 rings (SSSR count). The average molecular weight is 193 g/mol. The lowest BCUT2D eigenvalue weighted by Gasteiger charge is -2.11. The van der Waals surface area contributed by atoms with Gasteiger partial charge in [-0.3, -0.25) is 0 Å². The first-order valence-electron chi connectivity index (χ1n) is 5.26. The Morgan fingerprint density at radius 1 is 1.21 bits per heavy atom. The van der Waals surface area contributed by atoms with Crippen molar-refractivity contribution in [2.24, 2.45) is 0 Å². The first-order chi connectivity index (χ1) is 6.84. The van der Waals surface area contributed by atoms with E-state index in [9.17, 15) is 4.39 Å². The number of nitrogens with one attached hydrogen (secondary N) is 1. The molecular weight excluding hydrogens is 177 g/mol. The minimum atomic E-state index is -0.580. The molecule has 76 valence electrons. The van der Waals surface area contributed by atoms with E-state index in [-0.39, 0.29) is 0 Å². The Labute approximate surface area is 84.3 Å². The molecule has 0 radical (unpaired) electrons. The van der Waals surface area contributed by atoms with Crippen molar-refractivity contribution in [3.05, 3.63) is 35.9 Å². The minimum absolute atomic E-state index is 0.380. The Hall–Kier alpha value is -0.890. The summed E-state index contributed by atoms with van der Waals surface area (Å²) in [6.45, 7) is 0.859. The zero-order valence-electron chi connectivity index (χ0n) is 8.25. The summed E-state index contributed by atoms with van der Waals surface area (Å²) in [7, 11) is 0. The third kappa shape index (κ3) is 2.55. The second-order valence-electron chi connectivity index (χ2n) is 3.97. The van der Waals surface area contributed by atoms with Gasteiger partial charge in [-0.05, 0) is 24.8 Å². The summed E-state index contributed by atoms with van der Waals surface area (Å²) in [5.41, 5.74) is 1.27. The molecule has 1 fully saturated rings. The van der Waals surface area contributed by atoms with Crippen molar-refractivity contribution in [1.29, 1.82) is 0 Å². The molecule has 2 heteroatoms. The number of alkyl halides is 1. The van der Waals surface area contributed by atoms with Crippen LogP contribution in [0.2, 0.25) is 0 Å². The fourth-order valence-corrected chi connectivity index (χ4v) is 1.97. The lowest BCUT2D eigenvalue weighted by atomic mass is 10.2. The van der Waals surface area contributed by atoms with E-state index >= 15 is 0 Å². The van der Waals surface area contributed by atoms with Crippen molar-refractivity contribution in [2.75, 3.05) is 0 Å². The molecule has 0 saturated heterocycles. The second-order valence-corrected chi connectivity index (χ2v) is 3.97. The van der Waals surface area contributed by atoms with Crippen molar-refractivity contribution >= 4 is 0 Å². The molecule has 1 aromatic carbocycles. The molecule has 1 saturated carbocycles. The largest absolute Gasteiger partial charge is 0.310 e. The molecule has 0 bridgehead atoms. The van der Waals surface area contributed by atoms with Gasteiger partial charge in [-0.25, -0.2) is 4.39 Å². The number of hydrogen-bond donors (Lipinski definition) is 1. The van der Waals surface area contributed by atoms with Crippen molar-refractivity contribution < 1.29 is 4.39 Å². The molecule has 2 unspecified atom stereocenters. The topological polar surface area (TPSA) is 12.0 Å². The van der Waals surface area contributed by atoms with Gasteiger partial charge in [-0.2, -0.15) is 0 Å². The SMILES string of the molecule is FC1CCC(NCc2ccccc2)C1. The van der Waals surface area contributed by atoms with Gasteiger partial charge in [0.05, 0.1) is 0 Å². The first-order valence-corrected chi connectivity index (χ1v) is 5.26. The van der Waals surface area contributed by atoms with Crippen LogP contribution in [0.25, 0.3) is 0 Å². The van der Waals surface area contributed by atoms with Gasteiger partial charge < -0.3 is 5.32 Å². The number of rotatable bonds is 3. The lowest BCUT2D eigenvalue weighted by molar-refractivity contribution is 0.333. The minimum Gasteiger partial charge on any atom is -0.310 e. The maximum Gasteiger partial charge on any atom is 0.102 e. The summed E-state index contributed by atoms with van der Waals surface area (Å²) in [6.07, 6.45) is 1.82. The highest BCUT2D eigenvalue weighted by Crippen LogP contribution is 2.21. The maximum atomic E-state index is 12.9. The van der Waals surface area contributed by atoms with Crippen molar-refractivity contribution in [3.8, 4) is 0 Å². The summed E-state index contributed by atoms with van der Waals surface area (Å²) in [5.74, 6) is 0. The van der Waals surface area contributed by atoms with Gasteiger partial charge >= 0.3 is 0 Å². The summed E-state index contributed by atoms with van der Waals surface area (Å²) >= 11 is 0. The average Bonchev–Trinajstić information content (AvgIpc) is 2.63. The van der Waals surface area contributed by atoms with Crippen LogP contribution >= 0.6 is 0 Å². The smallest absolute Gasteiger partial charge is 0.102 e. The molecule has 1 aromatic rings. The van der Waals surface area contributed by atoms with Crippen LogP contribution in [-0.4, -0.2) is 12.2 Å². The van der Waals surface area contributed by atoms with Crippen LogP contribution in [0.3, 0.4) is 0 Å². The highest BCUT2D eigenvalue weighted by Gasteiger charge is 2.23. The zero-order valence-corrected chi connectivity index (χ0v) is 8.25. The molecule has 1 nitrogen and oxygen atoms in total. The van der Waals surface area contributed by atoms with Crippen LogP contribution in [0.5, 0.6) is 0 Å². The van der Waals surface area contributed by atoms with Gasteiger partial charge in [0.15, 0.2) is 0 Å². The molecular formula is C12H16FN. The third-order valence-corrected chi connectivity index (χ3v) is 2.81. The fourth-order valence-electron chi connectivity index (χ4n) is 1.97. The van der Waals surface area contributed by atoms with Gasteiger partial charge in [-0.1, -0.05) is 30.3 Å². The quantitative estimate of drug-likeness (QED) is 0.778. The third-order valence-electron chi connectivity index (χ3n) is 2.81. The van der Waals surface area contributed by atoms with Gasteiger partial charge in [0, 0.05) is 12.6 Å². The Morgan fingerprint density at radius 3 is 2.64 bits per heavy atom. The van der Waals surface area contributed by atoms with Crippen LogP contribution < -0.4 is 5.32 Å². The summed E-state index contributed by atoms with van der Waals surface area (Å²) in [5, 5.41) is 3.39. The molecule has 1 N–H and O–H groups in total. The Bertz CT molecular complexity index is 273. The molecule has 14 heavy (non-hydrogen) atoms. The highest BCUT2D eigenvalue weighted by atomic mass is 19.1. The summed E-state index contributed by atoms with van der Waals surface area (Å²) in [6, 6.07) is 10.6. The van der Waals surface area contributed by atoms with Crippen LogP contribution in [0, 0.1) is 0 Å². The molecule has 0 aliphatic heterocycles. The summed E-state index contributed by atoms with van der Waals surface area (Å²) < 4.78 is 12.9. The zero-order chi connectivity index (χ0) is 9.80. The van der Waals surface area contributed by atoms with E-state index < -0.39 is 6.17 Å². The van der Waals surface area contributed by atoms with Crippen molar-refractivity contribution in [2.45, 2.75) is 38.0 Å². The predicted octanol–water partition coefficient (Wildman–Crippen LogP) is 2.67. The maximum absolute atomic E-state index is 12.9. The van der Waals surface area contributed by atoms with Crippen molar-refractivity contribution in [3.63, 3.8) is 0 Å². The Kier molecular flexibility index (Phi) is 3.14. The molecule has 0 heterocycles. The Balaban J connectivity index is 1.78. The van der Waals surface area contributed by atoms with Crippen LogP contribution in [0.15, 0.2) is 30.3 Å². The van der Waals surface area contributed by atoms with Gasteiger partial charge in [0.2, 0.25) is 0 Å². The number of halogens is 1. The monoisotopic (exact) mass is 193 g/mol. The fraction of sp³-hybridized carbons (Fsp3) is 0.500. The normalized spacial score (nSPS) is 26.6. The Morgan fingerprint density at radius 2 is 2.00 bits per heavy atom. The predicted molar refractivity (Wildman–Crippen MR) is 55.8 cm³/mol. The van der Waals surface area contributed by atoms with E-state index in [1.54, 1.807) is 0 Å². The van der Waals surface area contributed by atoms with Crippen LogP contribution in [0.1, 0.15) is 24.8 Å². The molecule has 0 spiro atoms. The van der Waals surface area contributed by atoms with Crippen LogP contribution in [0.4, 0.5) is 4.39 Å². The van der Waals surface area contributed by atoms with Crippen LogP contribution in [-0.2, 0) is 6.54 Å². The van der Waals surface area contributed by atoms with Gasteiger partial charge in [0.25, 0.3) is 0 Å². The van der Waals surface area contributed by atoms with E-state index in [0.29, 0.717) is 12.5 Å². The van der Waals surface area contributed by atoms with E-state index in [2.05, 4.69) is 17.4 Å². The van der Waals surface area contributed by atoms with Gasteiger partial charge in [-0.15, -0.1) is 0 Å². The first kappa shape index (κ1) is 9.66. The van der Waals surface area contributed by atoms with E-state index in [1.165, 1.54) is 5.56 Å². The lowest BCUT2D eigenvalue weighted by Crippen LogP contribution is -2.25. The van der Waals surface area contributed by atoms with E-state index in [0.717, 1.165) is 19.4 Å². The molecule has 0 aromatic heterocycles. The number of hydrogen-bond acceptors (Lipinski definition) is 1. The van der Waals surface area contributed by atoms with Crippen molar-refractivity contribution in [1.82, 2.24) is 5.32 Å². The molecule has 1 aliphatic carbocycles.